The standard InChI is InChI=1S/C12H25N3O/c1-11(2)3-5-14-12(16)4-8-15-9-6-13-7-10-15/h11,13H,3-10H2,1-2H3,(H,14,16). The molecule has 94 valence electrons. The molecule has 0 spiro atoms. The molecule has 4 nitrogen and oxygen atoms in total. The van der Waals surface area contributed by atoms with E-state index in [0.29, 0.717) is 12.3 Å². The van der Waals surface area contributed by atoms with Crippen molar-refractivity contribution < 1.29 is 4.79 Å². The van der Waals surface area contributed by atoms with Crippen LogP contribution in [0, 0.1) is 5.92 Å². The van der Waals surface area contributed by atoms with Crippen molar-refractivity contribution in [2.75, 3.05) is 39.3 Å². The molecular weight excluding hydrogens is 202 g/mol. The molecule has 0 radical (unpaired) electrons. The van der Waals surface area contributed by atoms with Crippen LogP contribution in [0.1, 0.15) is 26.7 Å². The Labute approximate surface area is 98.8 Å². The van der Waals surface area contributed by atoms with E-state index in [4.69, 9.17) is 0 Å². The predicted molar refractivity (Wildman–Crippen MR) is 66.4 cm³/mol. The molecule has 1 aliphatic heterocycles. The summed E-state index contributed by atoms with van der Waals surface area (Å²) in [5, 5.41) is 6.28. The van der Waals surface area contributed by atoms with Gasteiger partial charge in [0.25, 0.3) is 0 Å². The Morgan fingerprint density at radius 3 is 2.69 bits per heavy atom. The average molecular weight is 227 g/mol. The molecule has 0 unspecified atom stereocenters. The van der Waals surface area contributed by atoms with Gasteiger partial charge in [-0.2, -0.15) is 0 Å². The topological polar surface area (TPSA) is 44.4 Å². The number of nitrogens with zero attached hydrogens (tertiary/aromatic N) is 1. The molecule has 1 rings (SSSR count). The number of piperazine rings is 1. The first-order valence-corrected chi connectivity index (χ1v) is 6.38. The number of carbonyl (C=O) groups excluding carboxylic acids is 1. The van der Waals surface area contributed by atoms with Crippen molar-refractivity contribution in [3.05, 3.63) is 0 Å². The quantitative estimate of drug-likeness (QED) is 0.692. The molecule has 0 atom stereocenters. The van der Waals surface area contributed by atoms with Gasteiger partial charge in [-0.3, -0.25) is 4.79 Å². The fraction of sp³-hybridized carbons (Fsp3) is 0.917. The van der Waals surface area contributed by atoms with E-state index in [1.54, 1.807) is 0 Å². The maximum atomic E-state index is 11.5. The van der Waals surface area contributed by atoms with E-state index in [0.717, 1.165) is 45.7 Å². The Hall–Kier alpha value is -0.610. The van der Waals surface area contributed by atoms with Crippen LogP contribution in [-0.4, -0.2) is 50.1 Å². The molecule has 0 aromatic rings. The first-order chi connectivity index (χ1) is 7.68. The van der Waals surface area contributed by atoms with E-state index in [2.05, 4.69) is 29.4 Å². The lowest BCUT2D eigenvalue weighted by atomic mass is 10.1. The molecule has 2 N–H and O–H groups in total. The Kier molecular flexibility index (Phi) is 6.42. The van der Waals surface area contributed by atoms with Gasteiger partial charge in [-0.05, 0) is 12.3 Å². The minimum atomic E-state index is 0.194. The van der Waals surface area contributed by atoms with Crippen LogP contribution in [-0.2, 0) is 4.79 Å². The van der Waals surface area contributed by atoms with Gasteiger partial charge < -0.3 is 15.5 Å². The summed E-state index contributed by atoms with van der Waals surface area (Å²) in [7, 11) is 0. The van der Waals surface area contributed by atoms with Crippen LogP contribution in [0.2, 0.25) is 0 Å². The lowest BCUT2D eigenvalue weighted by Gasteiger charge is -2.26. The van der Waals surface area contributed by atoms with Crippen LogP contribution < -0.4 is 10.6 Å². The van der Waals surface area contributed by atoms with Gasteiger partial charge in [0.1, 0.15) is 0 Å². The second kappa shape index (κ2) is 7.63. The third-order valence-electron chi connectivity index (χ3n) is 2.91. The van der Waals surface area contributed by atoms with Crippen LogP contribution in [0.4, 0.5) is 0 Å². The van der Waals surface area contributed by atoms with Gasteiger partial charge in [0.2, 0.25) is 5.91 Å². The van der Waals surface area contributed by atoms with Gasteiger partial charge >= 0.3 is 0 Å². The second-order valence-corrected chi connectivity index (χ2v) is 4.87. The van der Waals surface area contributed by atoms with Gasteiger partial charge in [-0.1, -0.05) is 13.8 Å². The fourth-order valence-electron chi connectivity index (χ4n) is 1.78. The summed E-state index contributed by atoms with van der Waals surface area (Å²) in [5.74, 6) is 0.854. The normalized spacial score (nSPS) is 17.7. The van der Waals surface area contributed by atoms with E-state index >= 15 is 0 Å². The number of rotatable bonds is 6. The molecule has 1 saturated heterocycles. The number of nitrogens with one attached hydrogen (secondary N) is 2. The summed E-state index contributed by atoms with van der Waals surface area (Å²) >= 11 is 0. The first kappa shape index (κ1) is 13.5. The molecule has 1 fully saturated rings. The molecule has 0 aromatic heterocycles. The lowest BCUT2D eigenvalue weighted by Crippen LogP contribution is -2.44. The Morgan fingerprint density at radius 1 is 1.38 bits per heavy atom. The third-order valence-corrected chi connectivity index (χ3v) is 2.91. The highest BCUT2D eigenvalue weighted by Gasteiger charge is 2.10. The van der Waals surface area contributed by atoms with E-state index in [1.165, 1.54) is 0 Å². The zero-order chi connectivity index (χ0) is 11.8. The van der Waals surface area contributed by atoms with Gasteiger partial charge in [0.15, 0.2) is 0 Å². The van der Waals surface area contributed by atoms with Crippen LogP contribution in [0.5, 0.6) is 0 Å². The van der Waals surface area contributed by atoms with Gasteiger partial charge in [0, 0.05) is 45.7 Å². The monoisotopic (exact) mass is 227 g/mol. The molecule has 0 aromatic carbocycles. The molecule has 0 aliphatic carbocycles. The fourth-order valence-corrected chi connectivity index (χ4v) is 1.78. The van der Waals surface area contributed by atoms with Crippen LogP contribution in [0.25, 0.3) is 0 Å². The molecule has 16 heavy (non-hydrogen) atoms. The summed E-state index contributed by atoms with van der Waals surface area (Å²) in [4.78, 5) is 13.9. The van der Waals surface area contributed by atoms with Crippen LogP contribution >= 0.6 is 0 Å². The van der Waals surface area contributed by atoms with Crippen LogP contribution in [0.3, 0.4) is 0 Å². The van der Waals surface area contributed by atoms with Crippen molar-refractivity contribution in [2.45, 2.75) is 26.7 Å². The molecule has 0 bridgehead atoms. The molecule has 4 heteroatoms. The molecular formula is C12H25N3O. The third kappa shape index (κ3) is 6.08. The number of hydrogen-bond acceptors (Lipinski definition) is 3. The number of carbonyl (C=O) groups is 1. The van der Waals surface area contributed by atoms with Crippen molar-refractivity contribution in [2.24, 2.45) is 5.92 Å². The van der Waals surface area contributed by atoms with Crippen LogP contribution in [0.15, 0.2) is 0 Å². The summed E-state index contributed by atoms with van der Waals surface area (Å²) in [6.07, 6.45) is 1.71. The Balaban J connectivity index is 2.00. The van der Waals surface area contributed by atoms with Gasteiger partial charge in [-0.25, -0.2) is 0 Å². The highest BCUT2D eigenvalue weighted by Crippen LogP contribution is 1.97. The zero-order valence-electron chi connectivity index (χ0n) is 10.6. The largest absolute Gasteiger partial charge is 0.356 e. The minimum absolute atomic E-state index is 0.194. The highest BCUT2D eigenvalue weighted by atomic mass is 16.1. The smallest absolute Gasteiger partial charge is 0.221 e. The minimum Gasteiger partial charge on any atom is -0.356 e. The summed E-state index contributed by atoms with van der Waals surface area (Å²) in [6.45, 7) is 10.3. The van der Waals surface area contributed by atoms with E-state index in [1.807, 2.05) is 0 Å². The maximum Gasteiger partial charge on any atom is 0.221 e. The number of hydrogen-bond donors (Lipinski definition) is 2. The van der Waals surface area contributed by atoms with E-state index in [9.17, 15) is 4.79 Å². The van der Waals surface area contributed by atoms with Crippen molar-refractivity contribution in [3.63, 3.8) is 0 Å². The highest BCUT2D eigenvalue weighted by molar-refractivity contribution is 5.75. The first-order valence-electron chi connectivity index (χ1n) is 6.38. The van der Waals surface area contributed by atoms with E-state index < -0.39 is 0 Å². The SMILES string of the molecule is CC(C)CCNC(=O)CCN1CCNCC1. The average Bonchev–Trinajstić information content (AvgIpc) is 2.27. The summed E-state index contributed by atoms with van der Waals surface area (Å²) in [5.41, 5.74) is 0. The zero-order valence-corrected chi connectivity index (χ0v) is 10.6. The molecule has 1 heterocycles. The van der Waals surface area contributed by atoms with E-state index in [-0.39, 0.29) is 5.91 Å². The summed E-state index contributed by atoms with van der Waals surface area (Å²) in [6, 6.07) is 0. The van der Waals surface area contributed by atoms with Crippen molar-refractivity contribution in [1.82, 2.24) is 15.5 Å². The summed E-state index contributed by atoms with van der Waals surface area (Å²) < 4.78 is 0. The molecule has 1 aliphatic rings. The van der Waals surface area contributed by atoms with Crippen molar-refractivity contribution >= 4 is 5.91 Å². The van der Waals surface area contributed by atoms with Gasteiger partial charge in [-0.15, -0.1) is 0 Å². The van der Waals surface area contributed by atoms with Crippen molar-refractivity contribution in [1.29, 1.82) is 0 Å². The van der Waals surface area contributed by atoms with Gasteiger partial charge in [0.05, 0.1) is 0 Å². The molecule has 1 amide bonds. The lowest BCUT2D eigenvalue weighted by molar-refractivity contribution is -0.121. The predicted octanol–water partition coefficient (Wildman–Crippen LogP) is 0.444. The molecule has 0 saturated carbocycles. The Bertz CT molecular complexity index is 200. The van der Waals surface area contributed by atoms with Crippen molar-refractivity contribution in [3.8, 4) is 0 Å². The maximum absolute atomic E-state index is 11.5. The Morgan fingerprint density at radius 2 is 2.06 bits per heavy atom. The number of amides is 1. The second-order valence-electron chi connectivity index (χ2n) is 4.87.